The molecule has 6 heteroatoms. The predicted molar refractivity (Wildman–Crippen MR) is 44.3 cm³/mol. The van der Waals surface area contributed by atoms with Crippen LogP contribution in [0.3, 0.4) is 0 Å². The van der Waals surface area contributed by atoms with Gasteiger partial charge in [0.25, 0.3) is 0 Å². The van der Waals surface area contributed by atoms with Crippen LogP contribution in [0.2, 0.25) is 0 Å². The second-order valence-corrected chi connectivity index (χ2v) is 2.74. The van der Waals surface area contributed by atoms with E-state index in [9.17, 15) is 13.2 Å². The molecule has 78 valence electrons. The largest absolute Gasteiger partial charge is 0.573 e. The molecule has 0 saturated carbocycles. The Morgan fingerprint density at radius 3 is 2.50 bits per heavy atom. The van der Waals surface area contributed by atoms with Crippen molar-refractivity contribution in [2.45, 2.75) is 12.2 Å². The number of phenolic OH excluding ortho intramolecular Hbond substituents is 1. The normalized spacial score (nSPS) is 11.4. The van der Waals surface area contributed by atoms with Crippen LogP contribution < -0.4 is 4.74 Å². The smallest absolute Gasteiger partial charge is 0.508 e. The summed E-state index contributed by atoms with van der Waals surface area (Å²) in [7, 11) is 0. The SMILES string of the molecule is Oc1ccc(CCl)c(OC(F)(F)F)c1. The van der Waals surface area contributed by atoms with Crippen molar-refractivity contribution >= 4 is 11.6 Å². The van der Waals surface area contributed by atoms with Crippen molar-refractivity contribution in [1.82, 2.24) is 0 Å². The molecule has 0 atom stereocenters. The van der Waals surface area contributed by atoms with Crippen LogP contribution >= 0.6 is 11.6 Å². The molecule has 0 spiro atoms. The third-order valence-electron chi connectivity index (χ3n) is 1.42. The second-order valence-electron chi connectivity index (χ2n) is 2.47. The Morgan fingerprint density at radius 1 is 1.36 bits per heavy atom. The van der Waals surface area contributed by atoms with Crippen molar-refractivity contribution in [2.24, 2.45) is 0 Å². The van der Waals surface area contributed by atoms with Gasteiger partial charge in [-0.25, -0.2) is 0 Å². The van der Waals surface area contributed by atoms with E-state index in [-0.39, 0.29) is 17.2 Å². The lowest BCUT2D eigenvalue weighted by molar-refractivity contribution is -0.274. The third-order valence-corrected chi connectivity index (χ3v) is 1.71. The molecular formula is C8H6ClF3O2. The third kappa shape index (κ3) is 2.99. The Kier molecular flexibility index (Phi) is 3.10. The lowest BCUT2D eigenvalue weighted by Crippen LogP contribution is -2.17. The van der Waals surface area contributed by atoms with E-state index in [0.29, 0.717) is 0 Å². The summed E-state index contributed by atoms with van der Waals surface area (Å²) in [6, 6.07) is 3.37. The number of hydrogen-bond donors (Lipinski definition) is 1. The Bertz CT molecular complexity index is 325. The van der Waals surface area contributed by atoms with Gasteiger partial charge in [0.05, 0.1) is 5.88 Å². The minimum Gasteiger partial charge on any atom is -0.508 e. The first-order valence-electron chi connectivity index (χ1n) is 3.56. The zero-order valence-corrected chi connectivity index (χ0v) is 7.56. The molecule has 0 aliphatic heterocycles. The van der Waals surface area contributed by atoms with Crippen molar-refractivity contribution in [3.05, 3.63) is 23.8 Å². The number of rotatable bonds is 2. The van der Waals surface area contributed by atoms with Crippen molar-refractivity contribution in [1.29, 1.82) is 0 Å². The second kappa shape index (κ2) is 3.96. The zero-order valence-electron chi connectivity index (χ0n) is 6.81. The molecule has 1 N–H and O–H groups in total. The highest BCUT2D eigenvalue weighted by molar-refractivity contribution is 6.17. The van der Waals surface area contributed by atoms with Crippen molar-refractivity contribution in [2.75, 3.05) is 0 Å². The number of halogens is 4. The number of ether oxygens (including phenoxy) is 1. The average molecular weight is 227 g/mol. The van der Waals surface area contributed by atoms with Crippen LogP contribution in [-0.2, 0) is 5.88 Å². The van der Waals surface area contributed by atoms with E-state index in [0.717, 1.165) is 6.07 Å². The van der Waals surface area contributed by atoms with Gasteiger partial charge < -0.3 is 9.84 Å². The number of hydrogen-bond acceptors (Lipinski definition) is 2. The van der Waals surface area contributed by atoms with Crippen LogP contribution in [-0.4, -0.2) is 11.5 Å². The summed E-state index contributed by atoms with van der Waals surface area (Å²) in [6.45, 7) is 0. The maximum Gasteiger partial charge on any atom is 0.573 e. The molecule has 0 fully saturated rings. The van der Waals surface area contributed by atoms with Gasteiger partial charge in [-0.3, -0.25) is 0 Å². The highest BCUT2D eigenvalue weighted by atomic mass is 35.5. The molecule has 0 aromatic heterocycles. The van der Waals surface area contributed by atoms with Crippen LogP contribution in [0, 0.1) is 0 Å². The van der Waals surface area contributed by atoms with Crippen LogP contribution in [0.1, 0.15) is 5.56 Å². The summed E-state index contributed by atoms with van der Waals surface area (Å²) in [6.07, 6.45) is -4.78. The van der Waals surface area contributed by atoms with Crippen molar-refractivity contribution in [3.63, 3.8) is 0 Å². The fourth-order valence-electron chi connectivity index (χ4n) is 0.873. The molecule has 0 aliphatic rings. The highest BCUT2D eigenvalue weighted by Crippen LogP contribution is 2.30. The van der Waals surface area contributed by atoms with Crippen molar-refractivity contribution < 1.29 is 23.0 Å². The zero-order chi connectivity index (χ0) is 10.8. The molecule has 14 heavy (non-hydrogen) atoms. The number of aromatic hydroxyl groups is 1. The molecule has 0 amide bonds. The van der Waals surface area contributed by atoms with E-state index >= 15 is 0 Å². The van der Waals surface area contributed by atoms with Gasteiger partial charge in [-0.2, -0.15) is 0 Å². The van der Waals surface area contributed by atoms with E-state index in [1.54, 1.807) is 0 Å². The quantitative estimate of drug-likeness (QED) is 0.786. The fraction of sp³-hybridized carbons (Fsp3) is 0.250. The standard InChI is InChI=1S/C8H6ClF3O2/c9-4-5-1-2-6(13)3-7(5)14-8(10,11)12/h1-3,13H,4H2. The van der Waals surface area contributed by atoms with Gasteiger partial charge >= 0.3 is 6.36 Å². The molecular weight excluding hydrogens is 221 g/mol. The van der Waals surface area contributed by atoms with Crippen LogP contribution in [0.15, 0.2) is 18.2 Å². The molecule has 0 radical (unpaired) electrons. The molecule has 0 saturated heterocycles. The van der Waals surface area contributed by atoms with Gasteiger partial charge in [0.1, 0.15) is 11.5 Å². The molecule has 1 aromatic carbocycles. The van der Waals surface area contributed by atoms with Gasteiger partial charge in [-0.05, 0) is 6.07 Å². The average Bonchev–Trinajstić information content (AvgIpc) is 2.01. The summed E-state index contributed by atoms with van der Waals surface area (Å²) >= 11 is 5.38. The van der Waals surface area contributed by atoms with Gasteiger partial charge in [0.15, 0.2) is 0 Å². The van der Waals surface area contributed by atoms with Crippen LogP contribution in [0.4, 0.5) is 13.2 Å². The lowest BCUT2D eigenvalue weighted by Gasteiger charge is -2.11. The molecule has 0 unspecified atom stereocenters. The van der Waals surface area contributed by atoms with Gasteiger partial charge in [0, 0.05) is 11.6 Å². The Balaban J connectivity index is 2.99. The maximum absolute atomic E-state index is 11.8. The predicted octanol–water partition coefficient (Wildman–Crippen LogP) is 3.03. The number of alkyl halides is 4. The van der Waals surface area contributed by atoms with Crippen molar-refractivity contribution in [3.8, 4) is 11.5 Å². The minimum absolute atomic E-state index is 0.119. The summed E-state index contributed by atoms with van der Waals surface area (Å²) in [4.78, 5) is 0. The number of benzene rings is 1. The molecule has 0 heterocycles. The summed E-state index contributed by atoms with van der Waals surface area (Å²) < 4.78 is 39.2. The van der Waals surface area contributed by atoms with Crippen LogP contribution in [0.5, 0.6) is 11.5 Å². The van der Waals surface area contributed by atoms with Gasteiger partial charge in [-0.1, -0.05) is 6.07 Å². The summed E-state index contributed by atoms with van der Waals surface area (Å²) in [5.41, 5.74) is 0.168. The summed E-state index contributed by atoms with van der Waals surface area (Å²) in [5, 5.41) is 8.94. The van der Waals surface area contributed by atoms with E-state index in [4.69, 9.17) is 16.7 Å². The fourth-order valence-corrected chi connectivity index (χ4v) is 1.09. The first-order chi connectivity index (χ1) is 6.42. The van der Waals surface area contributed by atoms with E-state index < -0.39 is 12.1 Å². The molecule has 1 rings (SSSR count). The van der Waals surface area contributed by atoms with Gasteiger partial charge in [0.2, 0.25) is 0 Å². The van der Waals surface area contributed by atoms with E-state index in [2.05, 4.69) is 4.74 Å². The first-order valence-corrected chi connectivity index (χ1v) is 4.09. The molecule has 0 bridgehead atoms. The highest BCUT2D eigenvalue weighted by Gasteiger charge is 2.32. The van der Waals surface area contributed by atoms with Crippen LogP contribution in [0.25, 0.3) is 0 Å². The number of phenols is 1. The minimum atomic E-state index is -4.78. The topological polar surface area (TPSA) is 29.5 Å². The Labute approximate surface area is 82.9 Å². The monoisotopic (exact) mass is 226 g/mol. The summed E-state index contributed by atoms with van der Waals surface area (Å²) in [5.74, 6) is -0.906. The van der Waals surface area contributed by atoms with E-state index in [1.165, 1.54) is 12.1 Å². The molecule has 1 aromatic rings. The molecule has 0 aliphatic carbocycles. The first kappa shape index (κ1) is 11.0. The molecule has 2 nitrogen and oxygen atoms in total. The van der Waals surface area contributed by atoms with E-state index in [1.807, 2.05) is 0 Å². The maximum atomic E-state index is 11.8. The Morgan fingerprint density at radius 2 is 2.00 bits per heavy atom. The lowest BCUT2D eigenvalue weighted by atomic mass is 10.2. The van der Waals surface area contributed by atoms with Gasteiger partial charge in [-0.15, -0.1) is 24.8 Å². The Hall–Kier alpha value is -1.10.